The Hall–Kier alpha value is -1.72. The Morgan fingerprint density at radius 1 is 1.48 bits per heavy atom. The van der Waals surface area contributed by atoms with Crippen LogP contribution >= 0.6 is 11.3 Å². The Bertz CT molecular complexity index is 653. The fourth-order valence-corrected chi connectivity index (χ4v) is 3.63. The highest BCUT2D eigenvalue weighted by Crippen LogP contribution is 2.31. The van der Waals surface area contributed by atoms with Crippen molar-refractivity contribution in [1.29, 1.82) is 0 Å². The molecule has 2 unspecified atom stereocenters. The number of rotatable bonds is 4. The quantitative estimate of drug-likeness (QED) is 0.912. The summed E-state index contributed by atoms with van der Waals surface area (Å²) in [5.41, 5.74) is 2.11. The number of nitrogens with one attached hydrogen (secondary N) is 1. The van der Waals surface area contributed by atoms with Crippen LogP contribution in [0.5, 0.6) is 0 Å². The predicted octanol–water partition coefficient (Wildman–Crippen LogP) is 2.48. The average Bonchev–Trinajstić information content (AvgIpc) is 3.05. The first-order chi connectivity index (χ1) is 10.2. The highest BCUT2D eigenvalue weighted by Gasteiger charge is 2.32. The third-order valence-corrected chi connectivity index (χ3v) is 4.79. The first kappa shape index (κ1) is 14.2. The normalized spacial score (nSPS) is 20.3. The molecule has 4 nitrogen and oxygen atoms in total. The largest absolute Gasteiger partial charge is 0.390 e. The molecular weight excluding hydrogens is 284 g/mol. The van der Waals surface area contributed by atoms with Crippen molar-refractivity contribution in [3.63, 3.8) is 0 Å². The Morgan fingerprint density at radius 2 is 2.29 bits per heavy atom. The maximum Gasteiger partial charge on any atom is 0.263 e. The summed E-state index contributed by atoms with van der Waals surface area (Å²) in [6.07, 6.45) is 3.56. The molecule has 0 radical (unpaired) electrons. The van der Waals surface area contributed by atoms with Crippen LogP contribution < -0.4 is 5.32 Å². The number of aromatic nitrogens is 1. The third-order valence-electron chi connectivity index (χ3n) is 3.73. The van der Waals surface area contributed by atoms with Crippen LogP contribution in [0, 0.1) is 0 Å². The molecule has 1 amide bonds. The van der Waals surface area contributed by atoms with Gasteiger partial charge in [-0.15, -0.1) is 11.3 Å². The summed E-state index contributed by atoms with van der Waals surface area (Å²) in [7, 11) is 0. The third kappa shape index (κ3) is 2.84. The SMILES string of the molecule is CCCc1ncc(C(=O)NC2c3ccccc3CC2O)s1. The summed E-state index contributed by atoms with van der Waals surface area (Å²) in [5.74, 6) is -0.157. The molecule has 3 rings (SSSR count). The zero-order chi connectivity index (χ0) is 14.8. The van der Waals surface area contributed by atoms with Crippen LogP contribution in [0.3, 0.4) is 0 Å². The molecule has 2 atom stereocenters. The van der Waals surface area contributed by atoms with Gasteiger partial charge in [-0.3, -0.25) is 4.79 Å². The number of carbonyl (C=O) groups excluding carboxylic acids is 1. The van der Waals surface area contributed by atoms with Crippen LogP contribution in [0.2, 0.25) is 0 Å². The fraction of sp³-hybridized carbons (Fsp3) is 0.375. The summed E-state index contributed by atoms with van der Waals surface area (Å²) in [4.78, 5) is 17.2. The first-order valence-electron chi connectivity index (χ1n) is 7.20. The molecule has 2 aromatic rings. The van der Waals surface area contributed by atoms with E-state index in [9.17, 15) is 9.90 Å². The smallest absolute Gasteiger partial charge is 0.263 e. The van der Waals surface area contributed by atoms with Crippen molar-refractivity contribution >= 4 is 17.2 Å². The number of aliphatic hydroxyl groups excluding tert-OH is 1. The van der Waals surface area contributed by atoms with Crippen LogP contribution in [-0.2, 0) is 12.8 Å². The van der Waals surface area contributed by atoms with Gasteiger partial charge in [0.1, 0.15) is 4.88 Å². The van der Waals surface area contributed by atoms with Crippen LogP contribution in [-0.4, -0.2) is 22.1 Å². The van der Waals surface area contributed by atoms with Gasteiger partial charge in [-0.1, -0.05) is 31.2 Å². The van der Waals surface area contributed by atoms with Crippen molar-refractivity contribution in [1.82, 2.24) is 10.3 Å². The van der Waals surface area contributed by atoms with Crippen molar-refractivity contribution < 1.29 is 9.90 Å². The molecule has 110 valence electrons. The monoisotopic (exact) mass is 302 g/mol. The number of aryl methyl sites for hydroxylation is 1. The number of fused-ring (bicyclic) bond motifs is 1. The number of hydrogen-bond donors (Lipinski definition) is 2. The van der Waals surface area contributed by atoms with E-state index >= 15 is 0 Å². The number of aliphatic hydroxyl groups is 1. The van der Waals surface area contributed by atoms with Gasteiger partial charge in [-0.25, -0.2) is 4.98 Å². The minimum Gasteiger partial charge on any atom is -0.390 e. The lowest BCUT2D eigenvalue weighted by atomic mass is 10.1. The molecule has 0 bridgehead atoms. The molecule has 2 N–H and O–H groups in total. The standard InChI is InChI=1S/C16H18N2O2S/c1-2-5-14-17-9-13(21-14)16(20)18-15-11-7-4-3-6-10(11)8-12(15)19/h3-4,6-7,9,12,15,19H,2,5,8H2,1H3,(H,18,20). The van der Waals surface area contributed by atoms with E-state index in [1.54, 1.807) is 6.20 Å². The molecule has 21 heavy (non-hydrogen) atoms. The maximum absolute atomic E-state index is 12.3. The topological polar surface area (TPSA) is 62.2 Å². The van der Waals surface area contributed by atoms with E-state index in [2.05, 4.69) is 17.2 Å². The maximum atomic E-state index is 12.3. The van der Waals surface area contributed by atoms with Crippen LogP contribution in [0.25, 0.3) is 0 Å². The average molecular weight is 302 g/mol. The van der Waals surface area contributed by atoms with Gasteiger partial charge in [0, 0.05) is 6.42 Å². The van der Waals surface area contributed by atoms with E-state index in [4.69, 9.17) is 0 Å². The number of thiazole rings is 1. The number of carbonyl (C=O) groups is 1. The molecule has 0 aliphatic heterocycles. The van der Waals surface area contributed by atoms with E-state index in [-0.39, 0.29) is 11.9 Å². The number of nitrogens with zero attached hydrogens (tertiary/aromatic N) is 1. The van der Waals surface area contributed by atoms with Gasteiger partial charge >= 0.3 is 0 Å². The van der Waals surface area contributed by atoms with Gasteiger partial charge in [-0.2, -0.15) is 0 Å². The second-order valence-corrected chi connectivity index (χ2v) is 6.40. The summed E-state index contributed by atoms with van der Waals surface area (Å²) in [5, 5.41) is 14.1. The minimum atomic E-state index is -0.561. The van der Waals surface area contributed by atoms with E-state index in [1.165, 1.54) is 11.3 Å². The van der Waals surface area contributed by atoms with E-state index in [1.807, 2.05) is 24.3 Å². The lowest BCUT2D eigenvalue weighted by Gasteiger charge is -2.17. The number of hydrogen-bond acceptors (Lipinski definition) is 4. The van der Waals surface area contributed by atoms with Crippen molar-refractivity contribution in [2.45, 2.75) is 38.3 Å². The van der Waals surface area contributed by atoms with Gasteiger partial charge in [0.05, 0.1) is 23.4 Å². The molecule has 0 fully saturated rings. The van der Waals surface area contributed by atoms with Gasteiger partial charge in [0.15, 0.2) is 0 Å². The van der Waals surface area contributed by atoms with Gasteiger partial charge in [0.25, 0.3) is 5.91 Å². The number of benzene rings is 1. The van der Waals surface area contributed by atoms with Crippen molar-refractivity contribution in [3.05, 3.63) is 51.5 Å². The Morgan fingerprint density at radius 3 is 3.10 bits per heavy atom. The van der Waals surface area contributed by atoms with E-state index < -0.39 is 6.10 Å². The first-order valence-corrected chi connectivity index (χ1v) is 8.02. The van der Waals surface area contributed by atoms with E-state index in [0.29, 0.717) is 11.3 Å². The lowest BCUT2D eigenvalue weighted by molar-refractivity contribution is 0.0862. The fourth-order valence-electron chi connectivity index (χ4n) is 2.70. The van der Waals surface area contributed by atoms with Gasteiger partial charge < -0.3 is 10.4 Å². The molecule has 1 aliphatic carbocycles. The van der Waals surface area contributed by atoms with Crippen molar-refractivity contribution in [2.75, 3.05) is 0 Å². The molecule has 0 spiro atoms. The molecule has 1 aromatic heterocycles. The summed E-state index contributed by atoms with van der Waals surface area (Å²) < 4.78 is 0. The summed E-state index contributed by atoms with van der Waals surface area (Å²) in [6.45, 7) is 2.09. The lowest BCUT2D eigenvalue weighted by Crippen LogP contribution is -2.33. The van der Waals surface area contributed by atoms with Gasteiger partial charge in [0.2, 0.25) is 0 Å². The second-order valence-electron chi connectivity index (χ2n) is 5.29. The molecular formula is C16H18N2O2S. The van der Waals surface area contributed by atoms with Crippen molar-refractivity contribution in [2.24, 2.45) is 0 Å². The molecule has 1 aromatic carbocycles. The minimum absolute atomic E-state index is 0.157. The van der Waals surface area contributed by atoms with Gasteiger partial charge in [-0.05, 0) is 24.0 Å². The number of amides is 1. The summed E-state index contributed by atoms with van der Waals surface area (Å²) in [6, 6.07) is 7.52. The zero-order valence-corrected chi connectivity index (χ0v) is 12.7. The molecule has 0 saturated carbocycles. The highest BCUT2D eigenvalue weighted by molar-refractivity contribution is 7.13. The Labute approximate surface area is 127 Å². The second kappa shape index (κ2) is 5.95. The molecule has 1 aliphatic rings. The zero-order valence-electron chi connectivity index (χ0n) is 11.9. The molecule has 5 heteroatoms. The molecule has 1 heterocycles. The Kier molecular flexibility index (Phi) is 4.03. The summed E-state index contributed by atoms with van der Waals surface area (Å²) >= 11 is 1.43. The highest BCUT2D eigenvalue weighted by atomic mass is 32.1. The van der Waals surface area contributed by atoms with E-state index in [0.717, 1.165) is 29.0 Å². The Balaban J connectivity index is 1.75. The predicted molar refractivity (Wildman–Crippen MR) is 82.5 cm³/mol. The van der Waals surface area contributed by atoms with Crippen LogP contribution in [0.4, 0.5) is 0 Å². The molecule has 0 saturated heterocycles. The van der Waals surface area contributed by atoms with Crippen molar-refractivity contribution in [3.8, 4) is 0 Å². The van der Waals surface area contributed by atoms with Crippen LogP contribution in [0.15, 0.2) is 30.5 Å². The van der Waals surface area contributed by atoms with Crippen LogP contribution in [0.1, 0.15) is 45.2 Å².